The lowest BCUT2D eigenvalue weighted by Gasteiger charge is -2.26. The number of nitrogens with zero attached hydrogens (tertiary/aromatic N) is 5. The highest BCUT2D eigenvalue weighted by Gasteiger charge is 2.24. The van der Waals surface area contributed by atoms with Gasteiger partial charge >= 0.3 is 0 Å². The first-order chi connectivity index (χ1) is 11.7. The molecule has 0 aliphatic rings. The third-order valence-electron chi connectivity index (χ3n) is 4.04. The van der Waals surface area contributed by atoms with Crippen LogP contribution in [-0.2, 0) is 6.54 Å². The Bertz CT molecular complexity index is 717. The Hall–Kier alpha value is -2.22. The molecule has 25 heavy (non-hydrogen) atoms. The zero-order chi connectivity index (χ0) is 18.6. The molecule has 0 aromatic carbocycles. The van der Waals surface area contributed by atoms with Crippen LogP contribution in [0.1, 0.15) is 54.3 Å². The van der Waals surface area contributed by atoms with E-state index in [2.05, 4.69) is 25.7 Å². The Morgan fingerprint density at radius 3 is 2.68 bits per heavy atom. The van der Waals surface area contributed by atoms with Gasteiger partial charge in [-0.2, -0.15) is 0 Å². The summed E-state index contributed by atoms with van der Waals surface area (Å²) in [5.74, 6) is 0.480. The number of aromatic nitrogens is 4. The smallest absolute Gasteiger partial charge is 0.274 e. The minimum Gasteiger partial charge on any atom is -0.359 e. The molecular formula is C17H28N6O2. The van der Waals surface area contributed by atoms with Crippen molar-refractivity contribution in [1.29, 1.82) is 0 Å². The molecule has 138 valence electrons. The Morgan fingerprint density at radius 2 is 2.08 bits per heavy atom. The Balaban J connectivity index is 1.99. The summed E-state index contributed by atoms with van der Waals surface area (Å²) in [5.41, 5.74) is 1.56. The molecule has 2 aromatic heterocycles. The van der Waals surface area contributed by atoms with Crippen molar-refractivity contribution in [1.82, 2.24) is 30.4 Å². The predicted octanol–water partition coefficient (Wildman–Crippen LogP) is 1.78. The predicted molar refractivity (Wildman–Crippen MR) is 94.4 cm³/mol. The molecule has 0 atom stereocenters. The molecule has 0 aliphatic carbocycles. The molecule has 0 unspecified atom stereocenters. The Labute approximate surface area is 148 Å². The number of rotatable bonds is 8. The van der Waals surface area contributed by atoms with E-state index in [1.807, 2.05) is 47.9 Å². The van der Waals surface area contributed by atoms with E-state index >= 15 is 0 Å². The fourth-order valence-electron chi connectivity index (χ4n) is 2.63. The monoisotopic (exact) mass is 348 g/mol. The maximum Gasteiger partial charge on any atom is 0.274 e. The summed E-state index contributed by atoms with van der Waals surface area (Å²) in [4.78, 5) is 14.7. The van der Waals surface area contributed by atoms with Crippen molar-refractivity contribution in [3.8, 4) is 0 Å². The summed E-state index contributed by atoms with van der Waals surface area (Å²) >= 11 is 0. The zero-order valence-corrected chi connectivity index (χ0v) is 16.0. The van der Waals surface area contributed by atoms with E-state index in [9.17, 15) is 4.79 Å². The zero-order valence-electron chi connectivity index (χ0n) is 16.0. The lowest BCUT2D eigenvalue weighted by Crippen LogP contribution is -2.44. The second kappa shape index (κ2) is 7.77. The molecule has 0 saturated carbocycles. The highest BCUT2D eigenvalue weighted by atomic mass is 16.5. The lowest BCUT2D eigenvalue weighted by molar-refractivity contribution is 0.0901. The molecule has 1 N–H and O–H groups in total. The molecule has 2 heterocycles. The number of carbonyl (C=O) groups is 1. The fourth-order valence-corrected chi connectivity index (χ4v) is 2.63. The molecule has 0 aliphatic heterocycles. The largest absolute Gasteiger partial charge is 0.359 e. The quantitative estimate of drug-likeness (QED) is 0.782. The van der Waals surface area contributed by atoms with E-state index in [4.69, 9.17) is 4.52 Å². The van der Waals surface area contributed by atoms with Crippen molar-refractivity contribution >= 4 is 5.91 Å². The lowest BCUT2D eigenvalue weighted by atomic mass is 9.98. The Kier molecular flexibility index (Phi) is 5.94. The standard InChI is InChI=1S/C17H28N6O2/c1-12-10-14(25-20-12)11-23-13(2)15(19-21-23)16(24)18-17(3,4)8-7-9-22(5)6/h10H,7-9,11H2,1-6H3,(H,18,24). The van der Waals surface area contributed by atoms with Crippen molar-refractivity contribution in [2.75, 3.05) is 20.6 Å². The van der Waals surface area contributed by atoms with E-state index in [1.54, 1.807) is 4.68 Å². The second-order valence-electron chi connectivity index (χ2n) is 7.36. The minimum absolute atomic E-state index is 0.202. The van der Waals surface area contributed by atoms with Crippen LogP contribution in [0.15, 0.2) is 10.6 Å². The number of carbonyl (C=O) groups excluding carboxylic acids is 1. The second-order valence-corrected chi connectivity index (χ2v) is 7.36. The van der Waals surface area contributed by atoms with Gasteiger partial charge in [-0.3, -0.25) is 4.79 Å². The highest BCUT2D eigenvalue weighted by Crippen LogP contribution is 2.14. The molecule has 1 amide bonds. The summed E-state index contributed by atoms with van der Waals surface area (Å²) in [6.45, 7) is 9.13. The molecule has 0 bridgehead atoms. The van der Waals surface area contributed by atoms with Crippen LogP contribution >= 0.6 is 0 Å². The third-order valence-corrected chi connectivity index (χ3v) is 4.04. The summed E-state index contributed by atoms with van der Waals surface area (Å²) in [5, 5.41) is 15.0. The van der Waals surface area contributed by atoms with Crippen LogP contribution < -0.4 is 5.32 Å². The van der Waals surface area contributed by atoms with Gasteiger partial charge in [-0.25, -0.2) is 4.68 Å². The van der Waals surface area contributed by atoms with Crippen LogP contribution in [-0.4, -0.2) is 57.1 Å². The summed E-state index contributed by atoms with van der Waals surface area (Å²) in [6.07, 6.45) is 1.90. The van der Waals surface area contributed by atoms with Gasteiger partial charge in [-0.1, -0.05) is 10.4 Å². The van der Waals surface area contributed by atoms with E-state index in [1.165, 1.54) is 0 Å². The molecule has 0 spiro atoms. The van der Waals surface area contributed by atoms with Gasteiger partial charge in [0.05, 0.1) is 11.4 Å². The number of amides is 1. The molecule has 0 saturated heterocycles. The van der Waals surface area contributed by atoms with Gasteiger partial charge in [0.15, 0.2) is 11.5 Å². The molecule has 2 rings (SSSR count). The minimum atomic E-state index is -0.300. The first-order valence-corrected chi connectivity index (χ1v) is 8.47. The number of aryl methyl sites for hydroxylation is 1. The average Bonchev–Trinajstić information content (AvgIpc) is 3.05. The van der Waals surface area contributed by atoms with Crippen LogP contribution in [0.25, 0.3) is 0 Å². The van der Waals surface area contributed by atoms with Crippen LogP contribution in [0.4, 0.5) is 0 Å². The van der Waals surface area contributed by atoms with E-state index < -0.39 is 0 Å². The number of nitrogens with one attached hydrogen (secondary N) is 1. The van der Waals surface area contributed by atoms with Crippen molar-refractivity contribution in [2.24, 2.45) is 0 Å². The third kappa shape index (κ3) is 5.38. The maximum atomic E-state index is 12.6. The van der Waals surface area contributed by atoms with Crippen LogP contribution in [0, 0.1) is 13.8 Å². The van der Waals surface area contributed by atoms with Crippen molar-refractivity contribution < 1.29 is 9.32 Å². The summed E-state index contributed by atoms with van der Waals surface area (Å²) in [6, 6.07) is 1.84. The number of hydrogen-bond donors (Lipinski definition) is 1. The molecule has 2 aromatic rings. The van der Waals surface area contributed by atoms with Crippen molar-refractivity contribution in [2.45, 2.75) is 52.6 Å². The van der Waals surface area contributed by atoms with Crippen molar-refractivity contribution in [3.05, 3.63) is 28.9 Å². The van der Waals surface area contributed by atoms with Crippen LogP contribution in [0.3, 0.4) is 0 Å². The SMILES string of the molecule is Cc1cc(Cn2nnc(C(=O)NC(C)(C)CCCN(C)C)c2C)on1. The van der Waals surface area contributed by atoms with Gasteiger partial charge in [0.1, 0.15) is 6.54 Å². The van der Waals surface area contributed by atoms with Gasteiger partial charge < -0.3 is 14.7 Å². The molecular weight excluding hydrogens is 320 g/mol. The Morgan fingerprint density at radius 1 is 1.36 bits per heavy atom. The summed E-state index contributed by atoms with van der Waals surface area (Å²) < 4.78 is 6.84. The van der Waals surface area contributed by atoms with Crippen LogP contribution in [0.2, 0.25) is 0 Å². The molecule has 0 fully saturated rings. The van der Waals surface area contributed by atoms with E-state index in [-0.39, 0.29) is 11.4 Å². The van der Waals surface area contributed by atoms with Crippen LogP contribution in [0.5, 0.6) is 0 Å². The van der Waals surface area contributed by atoms with Crippen molar-refractivity contribution in [3.63, 3.8) is 0 Å². The maximum absolute atomic E-state index is 12.6. The molecule has 0 radical (unpaired) electrons. The van der Waals surface area contributed by atoms with Gasteiger partial charge in [-0.15, -0.1) is 5.10 Å². The van der Waals surface area contributed by atoms with E-state index in [0.29, 0.717) is 23.7 Å². The topological polar surface area (TPSA) is 89.1 Å². The van der Waals surface area contributed by atoms with Gasteiger partial charge in [-0.05, 0) is 61.2 Å². The normalized spacial score (nSPS) is 12.0. The fraction of sp³-hybridized carbons (Fsp3) is 0.647. The first kappa shape index (κ1) is 19.1. The molecule has 8 nitrogen and oxygen atoms in total. The first-order valence-electron chi connectivity index (χ1n) is 8.47. The average molecular weight is 348 g/mol. The van der Waals surface area contributed by atoms with E-state index in [0.717, 1.165) is 25.1 Å². The van der Waals surface area contributed by atoms with Gasteiger partial charge in [0, 0.05) is 11.6 Å². The van der Waals surface area contributed by atoms with Gasteiger partial charge in [0.25, 0.3) is 5.91 Å². The van der Waals surface area contributed by atoms with Gasteiger partial charge in [0.2, 0.25) is 0 Å². The highest BCUT2D eigenvalue weighted by molar-refractivity contribution is 5.93. The molecule has 8 heteroatoms. The summed E-state index contributed by atoms with van der Waals surface area (Å²) in [7, 11) is 4.09. The number of hydrogen-bond acceptors (Lipinski definition) is 6.